The molecule has 1 aromatic heterocycles. The van der Waals surface area contributed by atoms with Crippen molar-refractivity contribution in [2.75, 3.05) is 7.11 Å². The highest BCUT2D eigenvalue weighted by Gasteiger charge is 2.31. The number of ether oxygens (including phenoxy) is 1. The van der Waals surface area contributed by atoms with Gasteiger partial charge in [0.15, 0.2) is 0 Å². The van der Waals surface area contributed by atoms with E-state index in [-0.39, 0.29) is 18.7 Å². The molecule has 1 heterocycles. The predicted octanol–water partition coefficient (Wildman–Crippen LogP) is 3.63. The summed E-state index contributed by atoms with van der Waals surface area (Å²) in [5.41, 5.74) is 1.88. The highest BCUT2D eigenvalue weighted by Crippen LogP contribution is 2.28. The fourth-order valence-electron chi connectivity index (χ4n) is 3.73. The van der Waals surface area contributed by atoms with Crippen LogP contribution in [0.1, 0.15) is 30.9 Å². The molecular formula is C23H26N2O4. The summed E-state index contributed by atoms with van der Waals surface area (Å²) >= 11 is 0. The third-order valence-electron chi connectivity index (χ3n) is 5.23. The molecule has 1 atom stereocenters. The van der Waals surface area contributed by atoms with Crippen molar-refractivity contribution in [3.8, 4) is 5.75 Å². The van der Waals surface area contributed by atoms with Crippen molar-refractivity contribution in [2.24, 2.45) is 7.05 Å². The summed E-state index contributed by atoms with van der Waals surface area (Å²) in [6.07, 6.45) is 2.66. The number of aromatic nitrogens is 1. The lowest BCUT2D eigenvalue weighted by Gasteiger charge is -2.30. The van der Waals surface area contributed by atoms with Crippen LogP contribution in [0.4, 0.5) is 0 Å². The standard InChI is InChI=1S/C23H26N2O4/c1-23(14-22(27)28,17-7-6-8-18(13-17)29-3)24-21(26)12-11-16-15-25(2)20-10-5-4-9-19(16)20/h4-10,13,15H,11-12,14H2,1-3H3,(H,24,26)(H,27,28). The number of nitrogens with zero attached hydrogens (tertiary/aromatic N) is 1. The molecule has 29 heavy (non-hydrogen) atoms. The summed E-state index contributed by atoms with van der Waals surface area (Å²) in [6.45, 7) is 1.73. The molecular weight excluding hydrogens is 368 g/mol. The molecule has 0 aliphatic rings. The molecule has 2 N–H and O–H groups in total. The average molecular weight is 394 g/mol. The summed E-state index contributed by atoms with van der Waals surface area (Å²) < 4.78 is 7.30. The van der Waals surface area contributed by atoms with Crippen LogP contribution in [0.3, 0.4) is 0 Å². The molecule has 0 aliphatic carbocycles. The molecule has 0 aliphatic heterocycles. The summed E-state index contributed by atoms with van der Waals surface area (Å²) in [5, 5.41) is 13.5. The number of methoxy groups -OCH3 is 1. The van der Waals surface area contributed by atoms with Crippen LogP contribution in [-0.2, 0) is 28.6 Å². The van der Waals surface area contributed by atoms with Gasteiger partial charge in [0.25, 0.3) is 0 Å². The van der Waals surface area contributed by atoms with Crippen LogP contribution < -0.4 is 10.1 Å². The highest BCUT2D eigenvalue weighted by molar-refractivity contribution is 5.85. The van der Waals surface area contributed by atoms with Crippen LogP contribution in [0, 0.1) is 0 Å². The van der Waals surface area contributed by atoms with E-state index < -0.39 is 11.5 Å². The van der Waals surface area contributed by atoms with Gasteiger partial charge < -0.3 is 19.7 Å². The quantitative estimate of drug-likeness (QED) is 0.611. The van der Waals surface area contributed by atoms with Gasteiger partial charge in [0.1, 0.15) is 5.75 Å². The van der Waals surface area contributed by atoms with E-state index in [1.54, 1.807) is 38.3 Å². The van der Waals surface area contributed by atoms with Crippen molar-refractivity contribution in [3.05, 3.63) is 65.9 Å². The Morgan fingerprint density at radius 1 is 1.17 bits per heavy atom. The first-order valence-electron chi connectivity index (χ1n) is 9.52. The molecule has 3 rings (SSSR count). The Balaban J connectivity index is 1.77. The number of benzene rings is 2. The third kappa shape index (κ3) is 4.59. The Kier molecular flexibility index (Phi) is 5.92. The maximum atomic E-state index is 12.7. The van der Waals surface area contributed by atoms with Gasteiger partial charge in [-0.1, -0.05) is 30.3 Å². The fraction of sp³-hybridized carbons (Fsp3) is 0.304. The average Bonchev–Trinajstić information content (AvgIpc) is 3.02. The number of aryl methyl sites for hydroxylation is 2. The van der Waals surface area contributed by atoms with E-state index in [4.69, 9.17) is 4.74 Å². The molecule has 1 unspecified atom stereocenters. The van der Waals surface area contributed by atoms with Crippen LogP contribution in [0.25, 0.3) is 10.9 Å². The SMILES string of the molecule is COc1cccc(C(C)(CC(=O)O)NC(=O)CCc2cn(C)c3ccccc23)c1. The smallest absolute Gasteiger partial charge is 0.306 e. The number of nitrogens with one attached hydrogen (secondary N) is 1. The Labute approximate surface area is 170 Å². The van der Waals surface area contributed by atoms with Gasteiger partial charge in [0.2, 0.25) is 5.91 Å². The molecule has 0 saturated carbocycles. The van der Waals surface area contributed by atoms with Gasteiger partial charge in [-0.2, -0.15) is 0 Å². The van der Waals surface area contributed by atoms with Gasteiger partial charge in [-0.3, -0.25) is 9.59 Å². The minimum Gasteiger partial charge on any atom is -0.497 e. The van der Waals surface area contributed by atoms with Gasteiger partial charge in [0, 0.05) is 30.6 Å². The lowest BCUT2D eigenvalue weighted by molar-refractivity contribution is -0.139. The zero-order valence-corrected chi connectivity index (χ0v) is 16.9. The summed E-state index contributed by atoms with van der Waals surface area (Å²) in [5.74, 6) is -0.557. The topological polar surface area (TPSA) is 80.6 Å². The van der Waals surface area contributed by atoms with E-state index >= 15 is 0 Å². The first-order valence-corrected chi connectivity index (χ1v) is 9.52. The molecule has 0 spiro atoms. The highest BCUT2D eigenvalue weighted by atomic mass is 16.5. The molecule has 0 radical (unpaired) electrons. The van der Waals surface area contributed by atoms with Crippen LogP contribution in [-0.4, -0.2) is 28.7 Å². The summed E-state index contributed by atoms with van der Waals surface area (Å²) in [7, 11) is 3.54. The van der Waals surface area contributed by atoms with E-state index in [9.17, 15) is 14.7 Å². The van der Waals surface area contributed by atoms with Crippen molar-refractivity contribution in [2.45, 2.75) is 31.7 Å². The van der Waals surface area contributed by atoms with Crippen LogP contribution >= 0.6 is 0 Å². The largest absolute Gasteiger partial charge is 0.497 e. The molecule has 152 valence electrons. The lowest BCUT2D eigenvalue weighted by Crippen LogP contribution is -2.45. The number of carbonyl (C=O) groups is 2. The number of amides is 1. The number of carboxylic acids is 1. The Morgan fingerprint density at radius 2 is 1.93 bits per heavy atom. The minimum atomic E-state index is -1.03. The van der Waals surface area contributed by atoms with Crippen LogP contribution in [0.15, 0.2) is 54.7 Å². The molecule has 3 aromatic rings. The van der Waals surface area contributed by atoms with Gasteiger partial charge in [-0.15, -0.1) is 0 Å². The fourth-order valence-corrected chi connectivity index (χ4v) is 3.73. The number of aliphatic carboxylic acids is 1. The predicted molar refractivity (Wildman–Crippen MR) is 112 cm³/mol. The normalized spacial score (nSPS) is 13.1. The lowest BCUT2D eigenvalue weighted by atomic mass is 9.88. The van der Waals surface area contributed by atoms with E-state index in [1.165, 1.54) is 0 Å². The molecule has 1 amide bonds. The second-order valence-electron chi connectivity index (χ2n) is 7.47. The minimum absolute atomic E-state index is 0.190. The maximum absolute atomic E-state index is 12.7. The van der Waals surface area contributed by atoms with E-state index in [0.717, 1.165) is 16.5 Å². The number of hydrogen-bond donors (Lipinski definition) is 2. The third-order valence-corrected chi connectivity index (χ3v) is 5.23. The monoisotopic (exact) mass is 394 g/mol. The molecule has 2 aromatic carbocycles. The van der Waals surface area contributed by atoms with Crippen molar-refractivity contribution in [1.82, 2.24) is 9.88 Å². The van der Waals surface area contributed by atoms with E-state index in [2.05, 4.69) is 5.32 Å². The van der Waals surface area contributed by atoms with Crippen molar-refractivity contribution >= 4 is 22.8 Å². The maximum Gasteiger partial charge on any atom is 0.306 e. The van der Waals surface area contributed by atoms with E-state index in [0.29, 0.717) is 17.7 Å². The molecule has 0 saturated heterocycles. The number of para-hydroxylation sites is 1. The summed E-state index contributed by atoms with van der Waals surface area (Å²) in [6, 6.07) is 15.2. The second-order valence-corrected chi connectivity index (χ2v) is 7.47. The van der Waals surface area contributed by atoms with Crippen LogP contribution in [0.2, 0.25) is 0 Å². The Morgan fingerprint density at radius 3 is 2.66 bits per heavy atom. The summed E-state index contributed by atoms with van der Waals surface area (Å²) in [4.78, 5) is 24.2. The second kappa shape index (κ2) is 8.39. The van der Waals surface area contributed by atoms with Crippen LogP contribution in [0.5, 0.6) is 5.75 Å². The van der Waals surface area contributed by atoms with Crippen molar-refractivity contribution in [3.63, 3.8) is 0 Å². The van der Waals surface area contributed by atoms with Gasteiger partial charge >= 0.3 is 5.97 Å². The number of fused-ring (bicyclic) bond motifs is 1. The zero-order chi connectivity index (χ0) is 21.0. The van der Waals surface area contributed by atoms with Crippen molar-refractivity contribution < 1.29 is 19.4 Å². The van der Waals surface area contributed by atoms with Crippen molar-refractivity contribution in [1.29, 1.82) is 0 Å². The molecule has 0 fully saturated rings. The molecule has 6 nitrogen and oxygen atoms in total. The zero-order valence-electron chi connectivity index (χ0n) is 16.9. The van der Waals surface area contributed by atoms with E-state index in [1.807, 2.05) is 42.1 Å². The number of hydrogen-bond acceptors (Lipinski definition) is 3. The Bertz CT molecular complexity index is 1040. The Hall–Kier alpha value is -3.28. The van der Waals surface area contributed by atoms with Gasteiger partial charge in [-0.25, -0.2) is 0 Å². The number of carbonyl (C=O) groups excluding carboxylic acids is 1. The van der Waals surface area contributed by atoms with Gasteiger partial charge in [0.05, 0.1) is 19.1 Å². The first kappa shape index (κ1) is 20.5. The number of rotatable bonds is 8. The first-order chi connectivity index (χ1) is 13.8. The molecule has 0 bridgehead atoms. The number of carboxylic acid groups (broad SMARTS) is 1. The van der Waals surface area contributed by atoms with Gasteiger partial charge in [-0.05, 0) is 42.7 Å². The molecule has 6 heteroatoms.